The van der Waals surface area contributed by atoms with Crippen molar-refractivity contribution in [2.75, 3.05) is 0 Å². The van der Waals surface area contributed by atoms with Gasteiger partial charge in [0.15, 0.2) is 0 Å². The van der Waals surface area contributed by atoms with Gasteiger partial charge in [0.05, 0.1) is 0 Å². The fourth-order valence-electron chi connectivity index (χ4n) is 4.18. The zero-order chi connectivity index (χ0) is 16.1. The van der Waals surface area contributed by atoms with Crippen LogP contribution in [0.1, 0.15) is 13.8 Å². The third-order valence-corrected chi connectivity index (χ3v) is 11.4. The van der Waals surface area contributed by atoms with Crippen LogP contribution in [0.25, 0.3) is 11.1 Å². The van der Waals surface area contributed by atoms with E-state index in [4.69, 9.17) is 0 Å². The Hall–Kier alpha value is -1.95. The quantitative estimate of drug-likeness (QED) is 0.712. The summed E-state index contributed by atoms with van der Waals surface area (Å²) < 4.78 is 0. The van der Waals surface area contributed by atoms with Gasteiger partial charge in [-0.15, -0.1) is 0 Å². The molecule has 0 atom stereocenters. The van der Waals surface area contributed by atoms with E-state index in [0.717, 1.165) is 15.9 Å². The molecule has 3 aromatic rings. The van der Waals surface area contributed by atoms with Gasteiger partial charge >= 0.3 is 137 Å². The van der Waals surface area contributed by atoms with Crippen LogP contribution in [0, 0.1) is 0 Å². The molecular formula is C21H21OP. The van der Waals surface area contributed by atoms with Gasteiger partial charge in [0, 0.05) is 0 Å². The second-order valence-corrected chi connectivity index (χ2v) is 11.4. The van der Waals surface area contributed by atoms with Crippen molar-refractivity contribution < 1.29 is 4.89 Å². The van der Waals surface area contributed by atoms with Crippen LogP contribution in [-0.2, 0) is 0 Å². The van der Waals surface area contributed by atoms with Crippen LogP contribution in [-0.4, -0.2) is 10.6 Å². The fourth-order valence-corrected chi connectivity index (χ4v) is 9.63. The van der Waals surface area contributed by atoms with Gasteiger partial charge in [-0.25, -0.2) is 0 Å². The molecule has 1 aliphatic rings. The van der Waals surface area contributed by atoms with Gasteiger partial charge in [-0.1, -0.05) is 0 Å². The van der Waals surface area contributed by atoms with Crippen molar-refractivity contribution in [2.24, 2.45) is 0 Å². The molecule has 0 aromatic heterocycles. The molecule has 0 saturated carbocycles. The Morgan fingerprint density at radius 3 is 1.57 bits per heavy atom. The third-order valence-electron chi connectivity index (χ3n) is 5.36. The molecule has 0 bridgehead atoms. The SMILES string of the molecule is CC(C)P1(O)(c2ccccc2)c2ccccc2-c2ccccc21. The molecule has 0 saturated heterocycles. The first-order valence-electron chi connectivity index (χ1n) is 8.10. The summed E-state index contributed by atoms with van der Waals surface area (Å²) in [5, 5.41) is 3.28. The Balaban J connectivity index is 2.25. The molecule has 4 rings (SSSR count). The van der Waals surface area contributed by atoms with Crippen LogP contribution in [0.5, 0.6) is 0 Å². The number of hydrogen-bond acceptors (Lipinski definition) is 1. The molecule has 1 aliphatic heterocycles. The predicted molar refractivity (Wildman–Crippen MR) is 101 cm³/mol. The topological polar surface area (TPSA) is 20.2 Å². The molecule has 1 N–H and O–H groups in total. The van der Waals surface area contributed by atoms with Crippen molar-refractivity contribution >= 4 is 22.7 Å². The Bertz CT molecular complexity index is 838. The molecular weight excluding hydrogens is 299 g/mol. The number of hydrogen-bond donors (Lipinski definition) is 1. The van der Waals surface area contributed by atoms with Crippen molar-refractivity contribution in [3.8, 4) is 11.1 Å². The van der Waals surface area contributed by atoms with Crippen LogP contribution in [0.2, 0.25) is 0 Å². The van der Waals surface area contributed by atoms with Crippen LogP contribution < -0.4 is 15.9 Å². The monoisotopic (exact) mass is 320 g/mol. The van der Waals surface area contributed by atoms with Gasteiger partial charge in [-0.05, 0) is 0 Å². The summed E-state index contributed by atoms with van der Waals surface area (Å²) in [4.78, 5) is 12.6. The van der Waals surface area contributed by atoms with E-state index in [1.807, 2.05) is 30.3 Å². The van der Waals surface area contributed by atoms with Gasteiger partial charge in [-0.2, -0.15) is 0 Å². The number of benzene rings is 3. The number of fused-ring (bicyclic) bond motifs is 3. The molecule has 23 heavy (non-hydrogen) atoms. The maximum absolute atomic E-state index is 12.6. The maximum atomic E-state index is 12.6. The van der Waals surface area contributed by atoms with E-state index < -0.39 is 6.83 Å². The van der Waals surface area contributed by atoms with Crippen LogP contribution in [0.4, 0.5) is 0 Å². The Labute approximate surface area is 137 Å². The van der Waals surface area contributed by atoms with E-state index in [9.17, 15) is 4.89 Å². The normalized spacial score (nSPS) is 18.7. The average molecular weight is 320 g/mol. The fraction of sp³-hybridized carbons (Fsp3) is 0.143. The predicted octanol–water partition coefficient (Wildman–Crippen LogP) is 3.81. The molecule has 116 valence electrons. The van der Waals surface area contributed by atoms with Gasteiger partial charge in [0.1, 0.15) is 0 Å². The van der Waals surface area contributed by atoms with Crippen LogP contribution in [0.3, 0.4) is 0 Å². The first-order chi connectivity index (χ1) is 11.1. The van der Waals surface area contributed by atoms with Gasteiger partial charge < -0.3 is 0 Å². The second-order valence-electron chi connectivity index (χ2n) is 6.60. The molecule has 0 radical (unpaired) electrons. The average Bonchev–Trinajstić information content (AvgIpc) is 2.85. The zero-order valence-corrected chi connectivity index (χ0v) is 14.4. The molecule has 1 heterocycles. The van der Waals surface area contributed by atoms with Gasteiger partial charge in [-0.3, -0.25) is 0 Å². The Morgan fingerprint density at radius 1 is 0.652 bits per heavy atom. The van der Waals surface area contributed by atoms with E-state index in [1.54, 1.807) is 0 Å². The van der Waals surface area contributed by atoms with Crippen molar-refractivity contribution in [1.29, 1.82) is 0 Å². The zero-order valence-electron chi connectivity index (χ0n) is 13.5. The summed E-state index contributed by atoms with van der Waals surface area (Å²) >= 11 is 0. The summed E-state index contributed by atoms with van der Waals surface area (Å²) in [5.41, 5.74) is 2.48. The second kappa shape index (κ2) is 4.77. The van der Waals surface area contributed by atoms with E-state index >= 15 is 0 Å². The molecule has 0 spiro atoms. The van der Waals surface area contributed by atoms with Gasteiger partial charge in [0.2, 0.25) is 0 Å². The summed E-state index contributed by atoms with van der Waals surface area (Å²) in [6, 6.07) is 27.0. The minimum atomic E-state index is -3.44. The van der Waals surface area contributed by atoms with Crippen molar-refractivity contribution in [1.82, 2.24) is 0 Å². The summed E-state index contributed by atoms with van der Waals surface area (Å²) in [6.45, 7) is 0.878. The molecule has 3 aromatic carbocycles. The standard InChI is InChI=1S/C21H21OP/c1-16(2)23(22,17-10-4-3-5-11-17)20-14-8-6-12-18(20)19-13-7-9-15-21(19)23/h3-16,22H,1-2H3. The summed E-state index contributed by atoms with van der Waals surface area (Å²) in [5.74, 6) is 0. The molecule has 0 unspecified atom stereocenters. The van der Waals surface area contributed by atoms with E-state index in [2.05, 4.69) is 62.4 Å². The van der Waals surface area contributed by atoms with E-state index in [1.165, 1.54) is 11.1 Å². The van der Waals surface area contributed by atoms with Crippen LogP contribution in [0.15, 0.2) is 78.9 Å². The minimum absolute atomic E-state index is 0.119. The first kappa shape index (κ1) is 14.6. The molecule has 1 nitrogen and oxygen atoms in total. The summed E-state index contributed by atoms with van der Waals surface area (Å²) in [6.07, 6.45) is 0. The van der Waals surface area contributed by atoms with Crippen molar-refractivity contribution in [3.63, 3.8) is 0 Å². The molecule has 2 heteroatoms. The number of rotatable bonds is 2. The summed E-state index contributed by atoms with van der Waals surface area (Å²) in [7, 11) is 0. The van der Waals surface area contributed by atoms with Gasteiger partial charge in [0.25, 0.3) is 0 Å². The van der Waals surface area contributed by atoms with E-state index in [0.29, 0.717) is 0 Å². The third kappa shape index (κ3) is 1.59. The molecule has 0 fully saturated rings. The Kier molecular flexibility index (Phi) is 3.04. The Morgan fingerprint density at radius 2 is 1.09 bits per heavy atom. The van der Waals surface area contributed by atoms with Crippen molar-refractivity contribution in [3.05, 3.63) is 78.9 Å². The first-order valence-corrected chi connectivity index (χ1v) is 10.4. The molecule has 0 aliphatic carbocycles. The van der Waals surface area contributed by atoms with Crippen molar-refractivity contribution in [2.45, 2.75) is 19.5 Å². The molecule has 0 amide bonds. The van der Waals surface area contributed by atoms with E-state index in [-0.39, 0.29) is 5.66 Å². The van der Waals surface area contributed by atoms with Crippen LogP contribution >= 0.6 is 6.83 Å².